The number of likely N-dealkylation sites (N-methyl/N-ethyl adjacent to an activating group) is 1. The normalized spacial score (nSPS) is 18.0. The van der Waals surface area contributed by atoms with E-state index < -0.39 is 11.8 Å². The number of fused-ring (bicyclic) bond motifs is 1. The van der Waals surface area contributed by atoms with Gasteiger partial charge in [-0.3, -0.25) is 9.59 Å². The highest BCUT2D eigenvalue weighted by molar-refractivity contribution is 6.34. The van der Waals surface area contributed by atoms with Gasteiger partial charge in [-0.1, -0.05) is 32.0 Å². The van der Waals surface area contributed by atoms with Crippen LogP contribution in [0.15, 0.2) is 41.1 Å². The average Bonchev–Trinajstić information content (AvgIpc) is 2.64. The predicted octanol–water partition coefficient (Wildman–Crippen LogP) is 0.885. The lowest BCUT2D eigenvalue weighted by Gasteiger charge is -2.23. The van der Waals surface area contributed by atoms with Crippen LogP contribution in [0.5, 0.6) is 0 Å². The van der Waals surface area contributed by atoms with Gasteiger partial charge >= 0.3 is 11.8 Å². The molecular weight excluding hydrogens is 268 g/mol. The van der Waals surface area contributed by atoms with E-state index in [9.17, 15) is 9.59 Å². The zero-order chi connectivity index (χ0) is 15.6. The summed E-state index contributed by atoms with van der Waals surface area (Å²) in [5.74, 6) is -2.00. The van der Waals surface area contributed by atoms with Crippen molar-refractivity contribution < 1.29 is 9.59 Å². The van der Waals surface area contributed by atoms with Gasteiger partial charge < -0.3 is 10.6 Å². The van der Waals surface area contributed by atoms with Gasteiger partial charge in [0.15, 0.2) is 0 Å². The molecule has 0 saturated heterocycles. The molecule has 110 valence electrons. The molecule has 21 heavy (non-hydrogen) atoms. The van der Waals surface area contributed by atoms with Crippen molar-refractivity contribution in [2.24, 2.45) is 10.8 Å². The number of hydrogen-bond donors (Lipinski definition) is 2. The summed E-state index contributed by atoms with van der Waals surface area (Å²) in [4.78, 5) is 23.6. The van der Waals surface area contributed by atoms with Crippen LogP contribution in [-0.2, 0) is 15.0 Å². The second kappa shape index (κ2) is 5.40. The Balaban J connectivity index is 2.22. The number of anilines is 1. The number of rotatable bonds is 2. The monoisotopic (exact) mass is 286 g/mol. The Labute approximate surface area is 123 Å². The maximum atomic E-state index is 11.0. The SMILES string of the molecule is CN1C(=CC=NNC(=O)C(N)=O)C(C)(C)c2ccccc21. The molecule has 0 radical (unpaired) electrons. The number of hydrogen-bond acceptors (Lipinski definition) is 4. The number of nitrogens with one attached hydrogen (secondary N) is 1. The molecule has 1 aromatic rings. The molecule has 2 rings (SSSR count). The quantitative estimate of drug-likeness (QED) is 0.481. The minimum Gasteiger partial charge on any atom is -0.361 e. The van der Waals surface area contributed by atoms with E-state index in [1.165, 1.54) is 11.8 Å². The molecule has 0 fully saturated rings. The van der Waals surface area contributed by atoms with Crippen LogP contribution in [0.3, 0.4) is 0 Å². The average molecular weight is 286 g/mol. The van der Waals surface area contributed by atoms with Crippen molar-refractivity contribution in [3.05, 3.63) is 41.6 Å². The van der Waals surface area contributed by atoms with Crippen molar-refractivity contribution in [1.29, 1.82) is 0 Å². The van der Waals surface area contributed by atoms with E-state index in [1.54, 1.807) is 6.08 Å². The molecule has 0 bridgehead atoms. The predicted molar refractivity (Wildman–Crippen MR) is 81.8 cm³/mol. The smallest absolute Gasteiger partial charge is 0.329 e. The number of allylic oxidation sites excluding steroid dienone is 2. The maximum Gasteiger partial charge on any atom is 0.329 e. The van der Waals surface area contributed by atoms with Gasteiger partial charge in [0.2, 0.25) is 0 Å². The number of carbonyl (C=O) groups excluding carboxylic acids is 2. The fourth-order valence-corrected chi connectivity index (χ4v) is 2.56. The summed E-state index contributed by atoms with van der Waals surface area (Å²) < 4.78 is 0. The minimum atomic E-state index is -1.06. The molecule has 3 N–H and O–H groups in total. The fourth-order valence-electron chi connectivity index (χ4n) is 2.56. The van der Waals surface area contributed by atoms with Gasteiger partial charge in [0.05, 0.1) is 0 Å². The molecule has 0 atom stereocenters. The van der Waals surface area contributed by atoms with Crippen molar-refractivity contribution >= 4 is 23.7 Å². The molecule has 1 heterocycles. The van der Waals surface area contributed by atoms with E-state index >= 15 is 0 Å². The zero-order valence-corrected chi connectivity index (χ0v) is 12.3. The lowest BCUT2D eigenvalue weighted by molar-refractivity contribution is -0.137. The van der Waals surface area contributed by atoms with Crippen molar-refractivity contribution in [2.45, 2.75) is 19.3 Å². The number of nitrogens with zero attached hydrogens (tertiary/aromatic N) is 2. The summed E-state index contributed by atoms with van der Waals surface area (Å²) >= 11 is 0. The Hall–Kier alpha value is -2.63. The Bertz CT molecular complexity index is 647. The highest BCUT2D eigenvalue weighted by atomic mass is 16.2. The molecule has 0 spiro atoms. The van der Waals surface area contributed by atoms with Gasteiger partial charge in [-0.25, -0.2) is 5.43 Å². The van der Waals surface area contributed by atoms with Crippen LogP contribution in [0, 0.1) is 0 Å². The number of primary amides is 1. The Morgan fingerprint density at radius 2 is 2.00 bits per heavy atom. The van der Waals surface area contributed by atoms with Crippen LogP contribution >= 0.6 is 0 Å². The number of carbonyl (C=O) groups is 2. The molecule has 6 nitrogen and oxygen atoms in total. The van der Waals surface area contributed by atoms with E-state index in [2.05, 4.69) is 41.4 Å². The lowest BCUT2D eigenvalue weighted by atomic mass is 9.84. The molecule has 0 saturated carbocycles. The zero-order valence-electron chi connectivity index (χ0n) is 12.3. The number of benzene rings is 1. The van der Waals surface area contributed by atoms with Crippen molar-refractivity contribution in [3.63, 3.8) is 0 Å². The number of para-hydroxylation sites is 1. The highest BCUT2D eigenvalue weighted by Gasteiger charge is 2.37. The minimum absolute atomic E-state index is 0.162. The lowest BCUT2D eigenvalue weighted by Crippen LogP contribution is -2.32. The summed E-state index contributed by atoms with van der Waals surface area (Å²) in [6.07, 6.45) is 3.25. The summed E-state index contributed by atoms with van der Waals surface area (Å²) in [5.41, 5.74) is 10.1. The molecule has 1 aromatic carbocycles. The maximum absolute atomic E-state index is 11.0. The largest absolute Gasteiger partial charge is 0.361 e. The van der Waals surface area contributed by atoms with Gasteiger partial charge in [-0.15, -0.1) is 0 Å². The van der Waals surface area contributed by atoms with Gasteiger partial charge in [0, 0.05) is 30.1 Å². The first-order valence-corrected chi connectivity index (χ1v) is 6.52. The van der Waals surface area contributed by atoms with Gasteiger partial charge in [0.1, 0.15) is 0 Å². The van der Waals surface area contributed by atoms with E-state index in [0.29, 0.717) is 0 Å². The standard InChI is InChI=1S/C15H18N4O2/c1-15(2)10-6-4-5-7-11(10)19(3)12(15)8-9-17-18-14(21)13(16)20/h4-9H,1-3H3,(H2,16,20)(H,18,21). The van der Waals surface area contributed by atoms with Crippen LogP contribution in [0.4, 0.5) is 5.69 Å². The van der Waals surface area contributed by atoms with Crippen molar-refractivity contribution in [2.75, 3.05) is 11.9 Å². The first kappa shape index (κ1) is 14.8. The Morgan fingerprint density at radius 1 is 1.33 bits per heavy atom. The third-order valence-corrected chi connectivity index (χ3v) is 3.64. The second-order valence-electron chi connectivity index (χ2n) is 5.34. The summed E-state index contributed by atoms with van der Waals surface area (Å²) in [5, 5.41) is 3.69. The van der Waals surface area contributed by atoms with Crippen LogP contribution in [0.25, 0.3) is 0 Å². The highest BCUT2D eigenvalue weighted by Crippen LogP contribution is 2.46. The molecule has 6 heteroatoms. The number of hydrazone groups is 1. The van der Waals surface area contributed by atoms with Crippen LogP contribution < -0.4 is 16.1 Å². The van der Waals surface area contributed by atoms with Gasteiger partial charge in [0.25, 0.3) is 0 Å². The number of nitrogens with two attached hydrogens (primary N) is 1. The topological polar surface area (TPSA) is 87.8 Å². The molecule has 0 aromatic heterocycles. The summed E-state index contributed by atoms with van der Waals surface area (Å²) in [6, 6.07) is 8.16. The first-order chi connectivity index (χ1) is 9.85. The molecule has 0 unspecified atom stereocenters. The molecule has 2 amide bonds. The molecule has 0 aliphatic carbocycles. The third kappa shape index (κ3) is 2.65. The van der Waals surface area contributed by atoms with Crippen LogP contribution in [0.1, 0.15) is 19.4 Å². The Morgan fingerprint density at radius 3 is 2.62 bits per heavy atom. The fraction of sp³-hybridized carbons (Fsp3) is 0.267. The first-order valence-electron chi connectivity index (χ1n) is 6.52. The van der Waals surface area contributed by atoms with Crippen molar-refractivity contribution in [3.8, 4) is 0 Å². The van der Waals surface area contributed by atoms with E-state index in [0.717, 1.165) is 11.4 Å². The molecular formula is C15H18N4O2. The molecule has 1 aliphatic rings. The second-order valence-corrected chi connectivity index (χ2v) is 5.34. The molecule has 1 aliphatic heterocycles. The van der Waals surface area contributed by atoms with Gasteiger partial charge in [-0.05, 0) is 17.7 Å². The van der Waals surface area contributed by atoms with E-state index in [4.69, 9.17) is 5.73 Å². The number of amides is 2. The summed E-state index contributed by atoms with van der Waals surface area (Å²) in [6.45, 7) is 4.24. The van der Waals surface area contributed by atoms with Crippen LogP contribution in [-0.4, -0.2) is 25.1 Å². The van der Waals surface area contributed by atoms with Crippen molar-refractivity contribution in [1.82, 2.24) is 5.43 Å². The van der Waals surface area contributed by atoms with Gasteiger partial charge in [-0.2, -0.15) is 5.10 Å². The summed E-state index contributed by atoms with van der Waals surface area (Å²) in [7, 11) is 1.98. The van der Waals surface area contributed by atoms with E-state index in [-0.39, 0.29) is 5.41 Å². The Kier molecular flexibility index (Phi) is 3.80. The van der Waals surface area contributed by atoms with Crippen LogP contribution in [0.2, 0.25) is 0 Å². The third-order valence-electron chi connectivity index (χ3n) is 3.64. The van der Waals surface area contributed by atoms with E-state index in [1.807, 2.05) is 19.2 Å².